The lowest BCUT2D eigenvalue weighted by atomic mass is 10.3. The molecule has 1 atom stereocenters. The summed E-state index contributed by atoms with van der Waals surface area (Å²) >= 11 is 0. The lowest BCUT2D eigenvalue weighted by Gasteiger charge is -2.15. The summed E-state index contributed by atoms with van der Waals surface area (Å²) in [5.74, 6) is 1.15. The summed E-state index contributed by atoms with van der Waals surface area (Å²) in [4.78, 5) is 6.73. The Morgan fingerprint density at radius 1 is 1.64 bits per heavy atom. The maximum Gasteiger partial charge on any atom is 0.122 e. The summed E-state index contributed by atoms with van der Waals surface area (Å²) in [6, 6.07) is 0.361. The van der Waals surface area contributed by atoms with Crippen LogP contribution in [0.3, 0.4) is 0 Å². The van der Waals surface area contributed by atoms with Crippen LogP contribution < -0.4 is 5.73 Å². The molecule has 1 aliphatic heterocycles. The van der Waals surface area contributed by atoms with Gasteiger partial charge >= 0.3 is 0 Å². The highest BCUT2D eigenvalue weighted by Crippen LogP contribution is 2.10. The van der Waals surface area contributed by atoms with Gasteiger partial charge in [0.25, 0.3) is 0 Å². The predicted molar refractivity (Wildman–Crippen MR) is 55.8 cm³/mol. The molecule has 1 aliphatic rings. The van der Waals surface area contributed by atoms with Gasteiger partial charge in [-0.3, -0.25) is 4.90 Å². The Kier molecular flexibility index (Phi) is 2.84. The van der Waals surface area contributed by atoms with Crippen molar-refractivity contribution in [1.82, 2.24) is 14.5 Å². The number of imidazole rings is 1. The van der Waals surface area contributed by atoms with Crippen LogP contribution in [0.1, 0.15) is 19.2 Å². The molecule has 2 N–H and O–H groups in total. The van der Waals surface area contributed by atoms with Crippen LogP contribution in [0.15, 0.2) is 12.4 Å². The third-order valence-electron chi connectivity index (χ3n) is 2.82. The molecular formula is C10H18N4. The minimum absolute atomic E-state index is 0.361. The molecule has 0 saturated carbocycles. The minimum atomic E-state index is 0.361. The topological polar surface area (TPSA) is 47.1 Å². The third-order valence-corrected chi connectivity index (χ3v) is 2.82. The number of nitrogens with zero attached hydrogens (tertiary/aromatic N) is 3. The smallest absolute Gasteiger partial charge is 0.122 e. The molecule has 4 nitrogen and oxygen atoms in total. The molecule has 4 heteroatoms. The second-order valence-electron chi connectivity index (χ2n) is 3.91. The van der Waals surface area contributed by atoms with E-state index >= 15 is 0 Å². The van der Waals surface area contributed by atoms with Crippen molar-refractivity contribution in [3.8, 4) is 0 Å². The lowest BCUT2D eigenvalue weighted by Crippen LogP contribution is -2.27. The molecule has 1 fully saturated rings. The molecule has 14 heavy (non-hydrogen) atoms. The number of hydrogen-bond donors (Lipinski definition) is 1. The van der Waals surface area contributed by atoms with Gasteiger partial charge in [-0.05, 0) is 13.3 Å². The maximum atomic E-state index is 5.86. The SMILES string of the molecule is CCn1ccnc1CN1CCC(N)C1. The van der Waals surface area contributed by atoms with E-state index in [4.69, 9.17) is 5.73 Å². The van der Waals surface area contributed by atoms with Gasteiger partial charge in [0, 0.05) is 38.1 Å². The van der Waals surface area contributed by atoms with Gasteiger partial charge in [0.1, 0.15) is 5.82 Å². The predicted octanol–water partition coefficient (Wildman–Crippen LogP) is 0.436. The van der Waals surface area contributed by atoms with Crippen molar-refractivity contribution < 1.29 is 0 Å². The first-order valence-corrected chi connectivity index (χ1v) is 5.27. The fourth-order valence-corrected chi connectivity index (χ4v) is 1.99. The largest absolute Gasteiger partial charge is 0.334 e. The van der Waals surface area contributed by atoms with E-state index in [9.17, 15) is 0 Å². The summed E-state index contributed by atoms with van der Waals surface area (Å²) in [6.45, 7) is 6.19. The zero-order chi connectivity index (χ0) is 9.97. The van der Waals surface area contributed by atoms with Gasteiger partial charge in [-0.2, -0.15) is 0 Å². The molecule has 0 bridgehead atoms. The van der Waals surface area contributed by atoms with Crippen molar-refractivity contribution >= 4 is 0 Å². The number of likely N-dealkylation sites (tertiary alicyclic amines) is 1. The second-order valence-corrected chi connectivity index (χ2v) is 3.91. The summed E-state index contributed by atoms with van der Waals surface area (Å²) in [5, 5.41) is 0. The van der Waals surface area contributed by atoms with E-state index in [1.165, 1.54) is 0 Å². The van der Waals surface area contributed by atoms with Gasteiger partial charge in [0.05, 0.1) is 6.54 Å². The molecule has 1 aromatic heterocycles. The van der Waals surface area contributed by atoms with E-state index in [0.717, 1.165) is 38.4 Å². The van der Waals surface area contributed by atoms with Crippen molar-refractivity contribution in [3.63, 3.8) is 0 Å². The van der Waals surface area contributed by atoms with E-state index in [1.54, 1.807) is 0 Å². The van der Waals surface area contributed by atoms with Gasteiger partial charge < -0.3 is 10.3 Å². The number of nitrogens with two attached hydrogens (primary N) is 1. The first-order chi connectivity index (χ1) is 6.79. The number of aromatic nitrogens is 2. The first kappa shape index (κ1) is 9.68. The zero-order valence-electron chi connectivity index (χ0n) is 8.69. The fourth-order valence-electron chi connectivity index (χ4n) is 1.99. The Labute approximate surface area is 84.7 Å². The standard InChI is InChI=1S/C10H18N4/c1-2-14-6-4-12-10(14)8-13-5-3-9(11)7-13/h4,6,9H,2-3,5,7-8,11H2,1H3. The van der Waals surface area contributed by atoms with Crippen LogP contribution in [-0.4, -0.2) is 33.6 Å². The molecule has 78 valence electrons. The number of aryl methyl sites for hydroxylation is 1. The van der Waals surface area contributed by atoms with E-state index in [-0.39, 0.29) is 0 Å². The molecule has 1 unspecified atom stereocenters. The highest BCUT2D eigenvalue weighted by atomic mass is 15.2. The van der Waals surface area contributed by atoms with Crippen molar-refractivity contribution in [2.75, 3.05) is 13.1 Å². The quantitative estimate of drug-likeness (QED) is 0.759. The second kappa shape index (κ2) is 4.11. The molecule has 0 radical (unpaired) electrons. The molecule has 0 amide bonds. The van der Waals surface area contributed by atoms with Gasteiger partial charge in [-0.15, -0.1) is 0 Å². The van der Waals surface area contributed by atoms with Crippen LogP contribution in [0.25, 0.3) is 0 Å². The van der Waals surface area contributed by atoms with Crippen LogP contribution in [0.4, 0.5) is 0 Å². The Morgan fingerprint density at radius 3 is 3.14 bits per heavy atom. The van der Waals surface area contributed by atoms with Crippen LogP contribution in [0.5, 0.6) is 0 Å². The van der Waals surface area contributed by atoms with E-state index in [2.05, 4.69) is 21.4 Å². The monoisotopic (exact) mass is 194 g/mol. The van der Waals surface area contributed by atoms with Crippen LogP contribution >= 0.6 is 0 Å². The van der Waals surface area contributed by atoms with Gasteiger partial charge in [-0.1, -0.05) is 0 Å². The van der Waals surface area contributed by atoms with E-state index in [0.29, 0.717) is 6.04 Å². The summed E-state index contributed by atoms with van der Waals surface area (Å²) in [5.41, 5.74) is 5.86. The maximum absolute atomic E-state index is 5.86. The minimum Gasteiger partial charge on any atom is -0.334 e. The Hall–Kier alpha value is -0.870. The lowest BCUT2D eigenvalue weighted by molar-refractivity contribution is 0.313. The molecular weight excluding hydrogens is 176 g/mol. The Bertz CT molecular complexity index is 294. The molecule has 2 heterocycles. The van der Waals surface area contributed by atoms with Crippen molar-refractivity contribution in [2.24, 2.45) is 5.73 Å². The Morgan fingerprint density at radius 2 is 2.50 bits per heavy atom. The van der Waals surface area contributed by atoms with Crippen LogP contribution in [0, 0.1) is 0 Å². The molecule has 0 aliphatic carbocycles. The first-order valence-electron chi connectivity index (χ1n) is 5.27. The molecule has 1 saturated heterocycles. The van der Waals surface area contributed by atoms with E-state index < -0.39 is 0 Å². The summed E-state index contributed by atoms with van der Waals surface area (Å²) in [6.07, 6.45) is 5.02. The number of hydrogen-bond acceptors (Lipinski definition) is 3. The third kappa shape index (κ3) is 1.96. The van der Waals surface area contributed by atoms with Gasteiger partial charge in [-0.25, -0.2) is 4.98 Å². The fraction of sp³-hybridized carbons (Fsp3) is 0.700. The normalized spacial score (nSPS) is 23.1. The summed E-state index contributed by atoms with van der Waals surface area (Å²) in [7, 11) is 0. The molecule has 0 aromatic carbocycles. The van der Waals surface area contributed by atoms with Crippen molar-refractivity contribution in [2.45, 2.75) is 32.5 Å². The Balaban J connectivity index is 1.97. The highest BCUT2D eigenvalue weighted by Gasteiger charge is 2.20. The summed E-state index contributed by atoms with van der Waals surface area (Å²) < 4.78 is 2.18. The zero-order valence-corrected chi connectivity index (χ0v) is 8.69. The average Bonchev–Trinajstić information content (AvgIpc) is 2.76. The molecule has 1 aromatic rings. The van der Waals surface area contributed by atoms with Gasteiger partial charge in [0.2, 0.25) is 0 Å². The van der Waals surface area contributed by atoms with Crippen LogP contribution in [0.2, 0.25) is 0 Å². The average molecular weight is 194 g/mol. The molecule has 0 spiro atoms. The van der Waals surface area contributed by atoms with Crippen molar-refractivity contribution in [1.29, 1.82) is 0 Å². The van der Waals surface area contributed by atoms with Crippen molar-refractivity contribution in [3.05, 3.63) is 18.2 Å². The van der Waals surface area contributed by atoms with Gasteiger partial charge in [0.15, 0.2) is 0 Å². The van der Waals surface area contributed by atoms with Crippen LogP contribution in [-0.2, 0) is 13.1 Å². The van der Waals surface area contributed by atoms with E-state index in [1.807, 2.05) is 12.4 Å². The molecule has 2 rings (SSSR count). The number of rotatable bonds is 3. The highest BCUT2D eigenvalue weighted by molar-refractivity contribution is 4.93.